The molecule has 0 saturated heterocycles. The van der Waals surface area contributed by atoms with Gasteiger partial charge in [-0.05, 0) is 30.5 Å². The zero-order valence-corrected chi connectivity index (χ0v) is 8.77. The molecular formula is C9H15N3S. The van der Waals surface area contributed by atoms with Crippen LogP contribution in [0.4, 0.5) is 5.69 Å². The summed E-state index contributed by atoms with van der Waals surface area (Å²) in [7, 11) is 1.99. The molecule has 72 valence electrons. The Kier molecular flexibility index (Phi) is 4.08. The number of hydrogen-bond acceptors (Lipinski definition) is 4. The van der Waals surface area contributed by atoms with E-state index in [0.29, 0.717) is 6.67 Å². The molecule has 0 amide bonds. The molecular weight excluding hydrogens is 182 g/mol. The summed E-state index contributed by atoms with van der Waals surface area (Å²) in [6.45, 7) is 0.651. The number of hydrazine groups is 1. The Balaban J connectivity index is 2.67. The lowest BCUT2D eigenvalue weighted by Gasteiger charge is -2.18. The Morgan fingerprint density at radius 2 is 2.00 bits per heavy atom. The molecule has 0 aromatic heterocycles. The minimum atomic E-state index is 0.651. The van der Waals surface area contributed by atoms with Crippen LogP contribution in [0.3, 0.4) is 0 Å². The molecule has 0 fully saturated rings. The van der Waals surface area contributed by atoms with Crippen molar-refractivity contribution in [2.45, 2.75) is 4.90 Å². The molecule has 0 bridgehead atoms. The Hall–Kier alpha value is -0.710. The van der Waals surface area contributed by atoms with E-state index in [9.17, 15) is 0 Å². The van der Waals surface area contributed by atoms with E-state index in [0.717, 1.165) is 5.69 Å². The van der Waals surface area contributed by atoms with E-state index in [1.165, 1.54) is 4.90 Å². The summed E-state index contributed by atoms with van der Waals surface area (Å²) in [6.07, 6.45) is 2.07. The maximum Gasteiger partial charge on any atom is 0.0805 e. The van der Waals surface area contributed by atoms with Crippen molar-refractivity contribution in [2.24, 2.45) is 5.84 Å². The smallest absolute Gasteiger partial charge is 0.0805 e. The van der Waals surface area contributed by atoms with Gasteiger partial charge in [-0.25, -0.2) is 5.43 Å². The van der Waals surface area contributed by atoms with Crippen molar-refractivity contribution in [3.8, 4) is 0 Å². The van der Waals surface area contributed by atoms with Gasteiger partial charge in [-0.15, -0.1) is 11.8 Å². The zero-order chi connectivity index (χ0) is 9.68. The molecule has 0 heterocycles. The minimum Gasteiger partial charge on any atom is -0.361 e. The van der Waals surface area contributed by atoms with Gasteiger partial charge >= 0.3 is 0 Å². The van der Waals surface area contributed by atoms with Gasteiger partial charge in [0.05, 0.1) is 6.67 Å². The SMILES string of the molecule is CSc1ccc(N(C)CNN)cc1. The van der Waals surface area contributed by atoms with Crippen LogP contribution in [0.15, 0.2) is 29.2 Å². The molecule has 0 radical (unpaired) electrons. The summed E-state index contributed by atoms with van der Waals surface area (Å²) < 4.78 is 0. The molecule has 1 rings (SSSR count). The van der Waals surface area contributed by atoms with Crippen molar-refractivity contribution in [2.75, 3.05) is 24.9 Å². The third kappa shape index (κ3) is 2.91. The first kappa shape index (κ1) is 10.4. The van der Waals surface area contributed by atoms with Gasteiger partial charge in [0.25, 0.3) is 0 Å². The molecule has 3 nitrogen and oxygen atoms in total. The fraction of sp³-hybridized carbons (Fsp3) is 0.333. The summed E-state index contributed by atoms with van der Waals surface area (Å²) in [4.78, 5) is 3.32. The van der Waals surface area contributed by atoms with Crippen molar-refractivity contribution in [1.29, 1.82) is 0 Å². The Labute approximate surface area is 83.3 Å². The van der Waals surface area contributed by atoms with Crippen LogP contribution in [-0.4, -0.2) is 20.0 Å². The highest BCUT2D eigenvalue weighted by atomic mass is 32.2. The number of anilines is 1. The normalized spacial score (nSPS) is 10.1. The molecule has 0 atom stereocenters. The van der Waals surface area contributed by atoms with Crippen LogP contribution in [0, 0.1) is 0 Å². The van der Waals surface area contributed by atoms with Crippen LogP contribution < -0.4 is 16.2 Å². The van der Waals surface area contributed by atoms with Crippen LogP contribution in [0.25, 0.3) is 0 Å². The topological polar surface area (TPSA) is 41.3 Å². The van der Waals surface area contributed by atoms with Gasteiger partial charge in [0.1, 0.15) is 0 Å². The molecule has 3 N–H and O–H groups in total. The third-order valence-corrected chi connectivity index (χ3v) is 2.59. The number of nitrogens with two attached hydrogens (primary N) is 1. The first-order valence-corrected chi connectivity index (χ1v) is 5.29. The van der Waals surface area contributed by atoms with Crippen molar-refractivity contribution in [1.82, 2.24) is 5.43 Å². The predicted molar refractivity (Wildman–Crippen MR) is 58.8 cm³/mol. The van der Waals surface area contributed by atoms with Crippen molar-refractivity contribution in [3.05, 3.63) is 24.3 Å². The first-order valence-electron chi connectivity index (χ1n) is 4.06. The number of rotatable bonds is 4. The lowest BCUT2D eigenvalue weighted by molar-refractivity contribution is 0.718. The van der Waals surface area contributed by atoms with Crippen LogP contribution in [0.2, 0.25) is 0 Å². The van der Waals surface area contributed by atoms with Crippen molar-refractivity contribution < 1.29 is 0 Å². The summed E-state index contributed by atoms with van der Waals surface area (Å²) in [5.41, 5.74) is 3.78. The quantitative estimate of drug-likeness (QED) is 0.330. The predicted octanol–water partition coefficient (Wildman–Crippen LogP) is 1.27. The van der Waals surface area contributed by atoms with Gasteiger partial charge in [0, 0.05) is 17.6 Å². The molecule has 0 aliphatic carbocycles. The molecule has 1 aromatic carbocycles. The number of nitrogens with zero attached hydrogens (tertiary/aromatic N) is 1. The van der Waals surface area contributed by atoms with E-state index in [2.05, 4.69) is 35.9 Å². The Morgan fingerprint density at radius 1 is 1.38 bits per heavy atom. The van der Waals surface area contributed by atoms with Crippen LogP contribution >= 0.6 is 11.8 Å². The summed E-state index contributed by atoms with van der Waals surface area (Å²) in [6, 6.07) is 8.38. The number of benzene rings is 1. The van der Waals surface area contributed by atoms with Gasteiger partial charge in [0.2, 0.25) is 0 Å². The van der Waals surface area contributed by atoms with E-state index in [1.54, 1.807) is 11.8 Å². The third-order valence-electron chi connectivity index (χ3n) is 1.84. The van der Waals surface area contributed by atoms with Gasteiger partial charge in [-0.2, -0.15) is 0 Å². The van der Waals surface area contributed by atoms with Crippen LogP contribution in [0.5, 0.6) is 0 Å². The monoisotopic (exact) mass is 197 g/mol. The molecule has 13 heavy (non-hydrogen) atoms. The zero-order valence-electron chi connectivity index (χ0n) is 7.95. The van der Waals surface area contributed by atoms with E-state index in [4.69, 9.17) is 5.84 Å². The second-order valence-electron chi connectivity index (χ2n) is 2.76. The Bertz CT molecular complexity index is 248. The van der Waals surface area contributed by atoms with Gasteiger partial charge in [-0.3, -0.25) is 5.84 Å². The van der Waals surface area contributed by atoms with Crippen LogP contribution in [-0.2, 0) is 0 Å². The van der Waals surface area contributed by atoms with Gasteiger partial charge in [-0.1, -0.05) is 0 Å². The highest BCUT2D eigenvalue weighted by molar-refractivity contribution is 7.98. The standard InChI is InChI=1S/C9H15N3S/c1-12(7-11-10)8-3-5-9(13-2)6-4-8/h3-6,11H,7,10H2,1-2H3. The average Bonchev–Trinajstić information content (AvgIpc) is 2.18. The first-order chi connectivity index (χ1) is 6.27. The maximum atomic E-state index is 5.23. The minimum absolute atomic E-state index is 0.651. The summed E-state index contributed by atoms with van der Waals surface area (Å²) in [5, 5.41) is 0. The Morgan fingerprint density at radius 3 is 2.46 bits per heavy atom. The van der Waals surface area contributed by atoms with Crippen molar-refractivity contribution in [3.63, 3.8) is 0 Å². The lowest BCUT2D eigenvalue weighted by atomic mass is 10.3. The largest absolute Gasteiger partial charge is 0.361 e. The highest BCUT2D eigenvalue weighted by Gasteiger charge is 1.98. The lowest BCUT2D eigenvalue weighted by Crippen LogP contribution is -2.35. The molecule has 0 aliphatic heterocycles. The molecule has 0 unspecified atom stereocenters. The van der Waals surface area contributed by atoms with E-state index < -0.39 is 0 Å². The van der Waals surface area contributed by atoms with Crippen LogP contribution in [0.1, 0.15) is 0 Å². The molecule has 0 saturated carbocycles. The molecule has 0 spiro atoms. The van der Waals surface area contributed by atoms with E-state index >= 15 is 0 Å². The highest BCUT2D eigenvalue weighted by Crippen LogP contribution is 2.18. The molecule has 1 aromatic rings. The fourth-order valence-electron chi connectivity index (χ4n) is 1.06. The van der Waals surface area contributed by atoms with Gasteiger partial charge < -0.3 is 4.90 Å². The number of thioether (sulfide) groups is 1. The second-order valence-corrected chi connectivity index (χ2v) is 3.64. The van der Waals surface area contributed by atoms with E-state index in [1.807, 2.05) is 11.9 Å². The average molecular weight is 197 g/mol. The number of hydrogen-bond donors (Lipinski definition) is 2. The molecule has 4 heteroatoms. The molecule has 0 aliphatic rings. The van der Waals surface area contributed by atoms with Crippen molar-refractivity contribution >= 4 is 17.4 Å². The number of nitrogens with one attached hydrogen (secondary N) is 1. The van der Waals surface area contributed by atoms with E-state index in [-0.39, 0.29) is 0 Å². The summed E-state index contributed by atoms with van der Waals surface area (Å²) >= 11 is 1.74. The maximum absolute atomic E-state index is 5.23. The van der Waals surface area contributed by atoms with Gasteiger partial charge in [0.15, 0.2) is 0 Å². The summed E-state index contributed by atoms with van der Waals surface area (Å²) in [5.74, 6) is 5.23. The fourth-order valence-corrected chi connectivity index (χ4v) is 1.47. The second kappa shape index (κ2) is 5.11.